The van der Waals surface area contributed by atoms with Crippen molar-refractivity contribution in [3.05, 3.63) is 154 Å². The Balaban J connectivity index is 3.25. The van der Waals surface area contributed by atoms with Gasteiger partial charge in [-0.1, -0.05) is 320 Å². The van der Waals surface area contributed by atoms with E-state index in [0.717, 1.165) is 128 Å². The van der Waals surface area contributed by atoms with Gasteiger partial charge in [-0.15, -0.1) is 0 Å². The van der Waals surface area contributed by atoms with Crippen molar-refractivity contribution in [3.63, 3.8) is 0 Å². The van der Waals surface area contributed by atoms with Gasteiger partial charge in [0.25, 0.3) is 0 Å². The van der Waals surface area contributed by atoms with Gasteiger partial charge in [0.2, 0.25) is 0 Å². The normalized spacial score (nSPS) is 12.7. The Kier molecular flexibility index (Phi) is 64.6. The van der Waals surface area contributed by atoms with E-state index in [1.165, 1.54) is 290 Å². The van der Waals surface area contributed by atoms with Crippen LogP contribution in [0.5, 0.6) is 0 Å². The van der Waals surface area contributed by atoms with E-state index >= 15 is 0 Å². The molecule has 2 aromatic carbocycles. The molecular weight excluding hydrogens is 1210 g/mol. The zero-order valence-corrected chi connectivity index (χ0v) is 68.1. The van der Waals surface area contributed by atoms with Gasteiger partial charge in [-0.3, -0.25) is 9.98 Å². The van der Waals surface area contributed by atoms with E-state index in [1.807, 2.05) is 0 Å². The first kappa shape index (κ1) is 91.8. The molecule has 0 saturated carbocycles. The van der Waals surface area contributed by atoms with Crippen LogP contribution in [0.25, 0.3) is 0 Å². The fourth-order valence-electron chi connectivity index (χ4n) is 14.2. The first-order valence-corrected chi connectivity index (χ1v) is 44.1. The van der Waals surface area contributed by atoms with Crippen LogP contribution in [0.15, 0.2) is 119 Å². The van der Waals surface area contributed by atoms with Gasteiger partial charge in [0.15, 0.2) is 0 Å². The van der Waals surface area contributed by atoms with Gasteiger partial charge in [-0.25, -0.2) is 0 Å². The fraction of sp³-hybridized carbons (Fsp3) is 0.694. The van der Waals surface area contributed by atoms with Crippen molar-refractivity contribution in [2.24, 2.45) is 9.98 Å². The number of rotatable bonds is 70. The van der Waals surface area contributed by atoms with E-state index in [4.69, 9.17) is 9.98 Å². The summed E-state index contributed by atoms with van der Waals surface area (Å²) in [7, 11) is 0. The van der Waals surface area contributed by atoms with Crippen molar-refractivity contribution in [2.45, 2.75) is 441 Å². The first-order chi connectivity index (χ1) is 49.5. The average Bonchev–Trinajstić information content (AvgIpc) is 0.799. The van der Waals surface area contributed by atoms with Crippen LogP contribution >= 0.6 is 0 Å². The lowest BCUT2D eigenvalue weighted by Gasteiger charge is -2.22. The Morgan fingerprint density at radius 1 is 0.220 bits per heavy atom. The van der Waals surface area contributed by atoms with Gasteiger partial charge in [0.05, 0.1) is 17.1 Å². The lowest BCUT2D eigenvalue weighted by molar-refractivity contribution is 0.673. The molecule has 0 aliphatic rings. The van der Waals surface area contributed by atoms with Gasteiger partial charge in [0.1, 0.15) is 0 Å². The zero-order chi connectivity index (χ0) is 71.9. The highest BCUT2D eigenvalue weighted by atomic mass is 14.8. The number of benzene rings is 2. The molecule has 0 bridgehead atoms. The Morgan fingerprint density at radius 3 is 0.710 bits per heavy atom. The molecule has 0 unspecified atom stereocenters. The second-order valence-corrected chi connectivity index (χ2v) is 29.8. The van der Waals surface area contributed by atoms with Crippen LogP contribution in [0.3, 0.4) is 0 Å². The molecule has 2 aromatic rings. The molecule has 0 aromatic heterocycles. The predicted molar refractivity (Wildman–Crippen MR) is 457 cm³/mol. The van der Waals surface area contributed by atoms with E-state index in [0.29, 0.717) is 0 Å². The smallest absolute Gasteiger partial charge is 0.0671 e. The standard InChI is InChI=1S/C98H164N2/c1-10-19-28-36-44-52-60-68-76-88-85-97(95(83-74-66-58-50-42-34-25-16-7)93(81-72-64-56-48-40-32-23-14-5)91(88)79-70-62-54-46-38-30-21-12-3)99-87-90(78-27-18-9)100-98-86-89(77-69-61-53-45-37-29-20-11-2)92(80-71-63-55-47-39-31-22-13-4)94(82-73-65-57-49-41-33-24-15-6)96(98)84-75-67-59-51-43-35-26-17-8/h52-67,85-87H,10-51,68-84H2,1-9H3/b60-52+,61-53+,62-54+,63-55+,64-56+,65-57+,66-58+,67-59+,99-87?,100-90?. The highest BCUT2D eigenvalue weighted by Gasteiger charge is 2.20. The number of hydrogen-bond acceptors (Lipinski definition) is 2. The van der Waals surface area contributed by atoms with Crippen molar-refractivity contribution in [1.29, 1.82) is 0 Å². The van der Waals surface area contributed by atoms with Crippen LogP contribution in [0, 0.1) is 0 Å². The molecule has 0 amide bonds. The molecule has 0 fully saturated rings. The molecule has 0 aliphatic carbocycles. The number of hydrogen-bond donors (Lipinski definition) is 0. The fourth-order valence-corrected chi connectivity index (χ4v) is 14.2. The van der Waals surface area contributed by atoms with Gasteiger partial charge < -0.3 is 0 Å². The summed E-state index contributed by atoms with van der Waals surface area (Å²) in [4.78, 5) is 12.0. The van der Waals surface area contributed by atoms with Crippen molar-refractivity contribution in [1.82, 2.24) is 0 Å². The van der Waals surface area contributed by atoms with E-state index < -0.39 is 0 Å². The molecular formula is C98H164N2. The summed E-state index contributed by atoms with van der Waals surface area (Å²) in [5.41, 5.74) is 16.1. The van der Waals surface area contributed by atoms with E-state index in [2.05, 4.69) is 178 Å². The van der Waals surface area contributed by atoms with Crippen LogP contribution in [0.2, 0.25) is 0 Å². The molecule has 0 saturated heterocycles. The molecule has 0 heterocycles. The lowest BCUT2D eigenvalue weighted by atomic mass is 9.85. The molecule has 0 spiro atoms. The Morgan fingerprint density at radius 2 is 0.440 bits per heavy atom. The van der Waals surface area contributed by atoms with E-state index in [9.17, 15) is 0 Å². The number of nitrogens with zero attached hydrogens (tertiary/aromatic N) is 2. The minimum absolute atomic E-state index is 0.929. The van der Waals surface area contributed by atoms with E-state index in [-0.39, 0.29) is 0 Å². The maximum Gasteiger partial charge on any atom is 0.0671 e. The van der Waals surface area contributed by atoms with Crippen LogP contribution < -0.4 is 0 Å². The Hall–Kier alpha value is -4.30. The molecule has 2 nitrogen and oxygen atoms in total. The Labute approximate surface area is 624 Å². The molecule has 0 radical (unpaired) electrons. The van der Waals surface area contributed by atoms with Gasteiger partial charge in [0, 0.05) is 6.21 Å². The topological polar surface area (TPSA) is 24.7 Å². The molecule has 100 heavy (non-hydrogen) atoms. The lowest BCUT2D eigenvalue weighted by Crippen LogP contribution is -2.08. The van der Waals surface area contributed by atoms with Crippen molar-refractivity contribution >= 4 is 23.3 Å². The number of unbranched alkanes of at least 4 members (excludes halogenated alkanes) is 33. The third-order valence-electron chi connectivity index (χ3n) is 20.5. The first-order valence-electron chi connectivity index (χ1n) is 44.1. The average molecular weight is 1370 g/mol. The quantitative estimate of drug-likeness (QED) is 0.0358. The summed E-state index contributed by atoms with van der Waals surface area (Å²) in [6, 6.07) is 5.22. The molecule has 0 N–H and O–H groups in total. The predicted octanol–water partition coefficient (Wildman–Crippen LogP) is 33.0. The molecule has 2 rings (SSSR count). The number of aryl methyl sites for hydroxylation is 2. The molecule has 566 valence electrons. The summed E-state index contributed by atoms with van der Waals surface area (Å²) in [6.45, 7) is 21.0. The number of allylic oxidation sites excluding steroid dienone is 16. The monoisotopic (exact) mass is 1370 g/mol. The van der Waals surface area contributed by atoms with Crippen molar-refractivity contribution in [3.8, 4) is 0 Å². The second kappa shape index (κ2) is 70.4. The van der Waals surface area contributed by atoms with Crippen molar-refractivity contribution < 1.29 is 0 Å². The molecule has 0 aliphatic heterocycles. The SMILES string of the molecule is CCCCCC/C=C/CCc1cc(N=CC(CCCC)=Nc2cc(CC/C=C/CCCCCC)c(CC/C=C/CCCCCC)c(CC/C=C/CCCCCC)c2CC/C=C/CCCCCC)c(CC/C=C/CCCCCC)c(CC/C=C/CCCCCC)c1CC/C=C/CCCCCC. The van der Waals surface area contributed by atoms with Gasteiger partial charge in [-0.2, -0.15) is 0 Å². The summed E-state index contributed by atoms with van der Waals surface area (Å²) >= 11 is 0. The summed E-state index contributed by atoms with van der Waals surface area (Å²) in [5.74, 6) is 0. The molecule has 2 heteroatoms. The zero-order valence-electron chi connectivity index (χ0n) is 68.1. The number of aliphatic imine (C=N–C) groups is 2. The summed E-state index contributed by atoms with van der Waals surface area (Å²) < 4.78 is 0. The maximum atomic E-state index is 6.08. The third-order valence-corrected chi connectivity index (χ3v) is 20.5. The Bertz CT molecular complexity index is 2510. The van der Waals surface area contributed by atoms with Crippen molar-refractivity contribution in [2.75, 3.05) is 0 Å². The summed E-state index contributed by atoms with van der Waals surface area (Å²) in [6.07, 6.45) is 115. The highest BCUT2D eigenvalue weighted by molar-refractivity contribution is 6.31. The van der Waals surface area contributed by atoms with Crippen LogP contribution in [-0.2, 0) is 51.4 Å². The second-order valence-electron chi connectivity index (χ2n) is 29.8. The minimum atomic E-state index is 0.929. The van der Waals surface area contributed by atoms with Gasteiger partial charge >= 0.3 is 0 Å². The molecule has 0 atom stereocenters. The van der Waals surface area contributed by atoms with E-state index in [1.54, 1.807) is 22.3 Å². The summed E-state index contributed by atoms with van der Waals surface area (Å²) in [5, 5.41) is 0. The van der Waals surface area contributed by atoms with Crippen LogP contribution in [0.4, 0.5) is 11.4 Å². The van der Waals surface area contributed by atoms with Crippen LogP contribution in [0.1, 0.15) is 434 Å². The third kappa shape index (κ3) is 48.6. The largest absolute Gasteiger partial charge is 0.255 e. The van der Waals surface area contributed by atoms with Gasteiger partial charge in [-0.05, 0) is 275 Å². The maximum absolute atomic E-state index is 6.08. The highest BCUT2D eigenvalue weighted by Crippen LogP contribution is 2.37. The minimum Gasteiger partial charge on any atom is -0.255 e. The van der Waals surface area contributed by atoms with Crippen LogP contribution in [-0.4, -0.2) is 11.9 Å².